The van der Waals surface area contributed by atoms with Crippen LogP contribution in [0.2, 0.25) is 0 Å². The summed E-state index contributed by atoms with van der Waals surface area (Å²) in [6.07, 6.45) is -0.467. The summed E-state index contributed by atoms with van der Waals surface area (Å²) in [4.78, 5) is 14.2. The van der Waals surface area contributed by atoms with Crippen LogP contribution in [0.5, 0.6) is 5.75 Å². The molecule has 1 heterocycles. The predicted octanol–water partition coefficient (Wildman–Crippen LogP) is 2.34. The summed E-state index contributed by atoms with van der Waals surface area (Å²) in [5.41, 5.74) is 0.563. The van der Waals surface area contributed by atoms with Crippen LogP contribution in [0, 0.1) is 0 Å². The minimum atomic E-state index is -2.81. The first-order valence-corrected chi connectivity index (χ1v) is 8.31. The first-order chi connectivity index (χ1) is 11.4. The number of alkyl halides is 2. The third kappa shape index (κ3) is 5.42. The van der Waals surface area contributed by atoms with E-state index in [0.29, 0.717) is 18.0 Å². The third-order valence-electron chi connectivity index (χ3n) is 4.12. The number of rotatable bonds is 8. The van der Waals surface area contributed by atoms with Crippen molar-refractivity contribution in [2.24, 2.45) is 0 Å². The van der Waals surface area contributed by atoms with Crippen molar-refractivity contribution in [2.45, 2.75) is 32.2 Å². The molecule has 1 aromatic rings. The van der Waals surface area contributed by atoms with Gasteiger partial charge in [0.25, 0.3) is 5.92 Å². The highest BCUT2D eigenvalue weighted by Gasteiger charge is 2.42. The third-order valence-corrected chi connectivity index (χ3v) is 4.12. The van der Waals surface area contributed by atoms with Gasteiger partial charge in [-0.05, 0) is 37.4 Å². The molecule has 0 bridgehead atoms. The number of carbonyl (C=O) groups excluding carboxylic acids is 1. The van der Waals surface area contributed by atoms with E-state index in [4.69, 9.17) is 4.74 Å². The number of anilines is 1. The Balaban J connectivity index is 1.78. The first-order valence-electron chi connectivity index (χ1n) is 8.31. The average Bonchev–Trinajstić information content (AvgIpc) is 2.93. The van der Waals surface area contributed by atoms with Gasteiger partial charge in [-0.25, -0.2) is 8.78 Å². The quantitative estimate of drug-likeness (QED) is 0.762. The molecule has 1 unspecified atom stereocenters. The molecular weight excluding hydrogens is 316 g/mol. The molecule has 0 spiro atoms. The summed E-state index contributed by atoms with van der Waals surface area (Å²) in [6, 6.07) is 6.07. The standard InChI is InChI=1S/C17H25F2N3O2/c1-3-22(4-2)9-10-24-14-7-5-13(6-8-14)21-16(23)15-11-17(18,19)12-20-15/h5-8,15,20H,3-4,9-12H2,1-2H3,(H,21,23). The van der Waals surface area contributed by atoms with Gasteiger partial charge in [-0.2, -0.15) is 0 Å². The lowest BCUT2D eigenvalue weighted by atomic mass is 10.2. The van der Waals surface area contributed by atoms with Crippen molar-refractivity contribution < 1.29 is 18.3 Å². The van der Waals surface area contributed by atoms with Gasteiger partial charge in [0.2, 0.25) is 5.91 Å². The maximum absolute atomic E-state index is 13.1. The van der Waals surface area contributed by atoms with Gasteiger partial charge >= 0.3 is 0 Å². The normalized spacial score (nSPS) is 19.5. The van der Waals surface area contributed by atoms with E-state index >= 15 is 0 Å². The fraction of sp³-hybridized carbons (Fsp3) is 0.588. The molecule has 0 radical (unpaired) electrons. The van der Waals surface area contributed by atoms with Crippen molar-refractivity contribution in [1.82, 2.24) is 10.2 Å². The number of carbonyl (C=O) groups is 1. The second kappa shape index (κ2) is 8.39. The zero-order valence-corrected chi connectivity index (χ0v) is 14.1. The minimum Gasteiger partial charge on any atom is -0.492 e. The molecule has 7 heteroatoms. The molecule has 134 valence electrons. The number of hydrogen-bond acceptors (Lipinski definition) is 4. The lowest BCUT2D eigenvalue weighted by molar-refractivity contribution is -0.118. The van der Waals surface area contributed by atoms with E-state index in [2.05, 4.69) is 29.4 Å². The van der Waals surface area contributed by atoms with Crippen LogP contribution >= 0.6 is 0 Å². The Morgan fingerprint density at radius 3 is 2.54 bits per heavy atom. The van der Waals surface area contributed by atoms with E-state index in [9.17, 15) is 13.6 Å². The fourth-order valence-electron chi connectivity index (χ4n) is 2.60. The maximum Gasteiger partial charge on any atom is 0.262 e. The van der Waals surface area contributed by atoms with E-state index in [1.165, 1.54) is 0 Å². The Labute approximate surface area is 141 Å². The lowest BCUT2D eigenvalue weighted by Gasteiger charge is -2.18. The highest BCUT2D eigenvalue weighted by atomic mass is 19.3. The zero-order valence-electron chi connectivity index (χ0n) is 14.1. The Kier molecular flexibility index (Phi) is 6.51. The van der Waals surface area contributed by atoms with Crippen LogP contribution in [0.25, 0.3) is 0 Å². The van der Waals surface area contributed by atoms with Crippen LogP contribution in [0.1, 0.15) is 20.3 Å². The van der Waals surface area contributed by atoms with Crippen molar-refractivity contribution >= 4 is 11.6 Å². The summed E-state index contributed by atoms with van der Waals surface area (Å²) in [5, 5.41) is 5.18. The SMILES string of the molecule is CCN(CC)CCOc1ccc(NC(=O)C2CC(F)(F)CN2)cc1. The Morgan fingerprint density at radius 1 is 1.33 bits per heavy atom. The molecule has 0 aromatic heterocycles. The molecular formula is C17H25F2N3O2. The molecule has 2 rings (SSSR count). The number of likely N-dealkylation sites (N-methyl/N-ethyl adjacent to an activating group) is 1. The van der Waals surface area contributed by atoms with E-state index < -0.39 is 30.8 Å². The molecule has 1 aliphatic heterocycles. The second-order valence-electron chi connectivity index (χ2n) is 5.88. The average molecular weight is 341 g/mol. The van der Waals surface area contributed by atoms with Crippen LogP contribution in [0.4, 0.5) is 14.5 Å². The summed E-state index contributed by atoms with van der Waals surface area (Å²) in [5.74, 6) is -2.54. The van der Waals surface area contributed by atoms with Crippen molar-refractivity contribution in [2.75, 3.05) is 38.1 Å². The molecule has 24 heavy (non-hydrogen) atoms. The van der Waals surface area contributed by atoms with E-state index in [0.717, 1.165) is 19.6 Å². The molecule has 1 amide bonds. The topological polar surface area (TPSA) is 53.6 Å². The van der Waals surface area contributed by atoms with Gasteiger partial charge in [-0.3, -0.25) is 10.1 Å². The van der Waals surface area contributed by atoms with Gasteiger partial charge < -0.3 is 15.0 Å². The summed E-state index contributed by atoms with van der Waals surface area (Å²) in [6.45, 7) is 7.18. The van der Waals surface area contributed by atoms with Crippen molar-refractivity contribution in [3.05, 3.63) is 24.3 Å². The zero-order chi connectivity index (χ0) is 17.6. The highest BCUT2D eigenvalue weighted by molar-refractivity contribution is 5.95. The smallest absolute Gasteiger partial charge is 0.262 e. The number of nitrogens with zero attached hydrogens (tertiary/aromatic N) is 1. The van der Waals surface area contributed by atoms with E-state index in [1.807, 2.05) is 0 Å². The van der Waals surface area contributed by atoms with Crippen LogP contribution in [0.15, 0.2) is 24.3 Å². The van der Waals surface area contributed by atoms with Gasteiger partial charge in [0, 0.05) is 18.7 Å². The van der Waals surface area contributed by atoms with Crippen LogP contribution in [0.3, 0.4) is 0 Å². The number of hydrogen-bond donors (Lipinski definition) is 2. The molecule has 0 saturated carbocycles. The number of ether oxygens (including phenoxy) is 1. The summed E-state index contributed by atoms with van der Waals surface area (Å²) < 4.78 is 31.9. The van der Waals surface area contributed by atoms with Crippen LogP contribution in [-0.2, 0) is 4.79 Å². The minimum absolute atomic E-state index is 0.442. The summed E-state index contributed by atoms with van der Waals surface area (Å²) >= 11 is 0. The number of halogens is 2. The van der Waals surface area contributed by atoms with E-state index in [-0.39, 0.29) is 0 Å². The van der Waals surface area contributed by atoms with Crippen molar-refractivity contribution in [3.8, 4) is 5.75 Å². The fourth-order valence-corrected chi connectivity index (χ4v) is 2.60. The lowest BCUT2D eigenvalue weighted by Crippen LogP contribution is -2.35. The molecule has 1 fully saturated rings. The van der Waals surface area contributed by atoms with Crippen LogP contribution < -0.4 is 15.4 Å². The van der Waals surface area contributed by atoms with Gasteiger partial charge in [-0.15, -0.1) is 0 Å². The van der Waals surface area contributed by atoms with Crippen LogP contribution in [-0.4, -0.2) is 55.6 Å². The maximum atomic E-state index is 13.1. The largest absolute Gasteiger partial charge is 0.492 e. The first kappa shape index (κ1) is 18.6. The highest BCUT2D eigenvalue weighted by Crippen LogP contribution is 2.26. The van der Waals surface area contributed by atoms with Crippen molar-refractivity contribution in [1.29, 1.82) is 0 Å². The molecule has 2 N–H and O–H groups in total. The molecule has 5 nitrogen and oxygen atoms in total. The van der Waals surface area contributed by atoms with E-state index in [1.54, 1.807) is 24.3 Å². The molecule has 0 aliphatic carbocycles. The number of amides is 1. The Hall–Kier alpha value is -1.73. The molecule has 1 aliphatic rings. The predicted molar refractivity (Wildman–Crippen MR) is 89.7 cm³/mol. The van der Waals surface area contributed by atoms with Gasteiger partial charge in [-0.1, -0.05) is 13.8 Å². The molecule has 1 aromatic carbocycles. The molecule has 1 saturated heterocycles. The van der Waals surface area contributed by atoms with Gasteiger partial charge in [0.05, 0.1) is 12.6 Å². The monoisotopic (exact) mass is 341 g/mol. The van der Waals surface area contributed by atoms with Gasteiger partial charge in [0.1, 0.15) is 12.4 Å². The van der Waals surface area contributed by atoms with Crippen molar-refractivity contribution in [3.63, 3.8) is 0 Å². The number of benzene rings is 1. The summed E-state index contributed by atoms with van der Waals surface area (Å²) in [7, 11) is 0. The Morgan fingerprint density at radius 2 is 2.00 bits per heavy atom. The second-order valence-corrected chi connectivity index (χ2v) is 5.88. The molecule has 1 atom stereocenters. The Bertz CT molecular complexity index is 533. The van der Waals surface area contributed by atoms with Gasteiger partial charge in [0.15, 0.2) is 0 Å². The number of nitrogens with one attached hydrogen (secondary N) is 2.